The third-order valence-corrected chi connectivity index (χ3v) is 8.16. The minimum Gasteiger partial charge on any atom is -0.379 e. The van der Waals surface area contributed by atoms with Gasteiger partial charge in [0.05, 0.1) is 29.9 Å². The average Bonchev–Trinajstić information content (AvgIpc) is 3.56. The highest BCUT2D eigenvalue weighted by Gasteiger charge is 2.68. The summed E-state index contributed by atoms with van der Waals surface area (Å²) in [5.41, 5.74) is -1.97. The van der Waals surface area contributed by atoms with E-state index in [-0.39, 0.29) is 35.5 Å². The van der Waals surface area contributed by atoms with Gasteiger partial charge in [0.1, 0.15) is 0 Å². The van der Waals surface area contributed by atoms with Crippen molar-refractivity contribution in [3.63, 3.8) is 0 Å². The van der Waals surface area contributed by atoms with E-state index in [1.807, 2.05) is 25.5 Å². The zero-order chi connectivity index (χ0) is 25.0. The van der Waals surface area contributed by atoms with E-state index in [9.17, 15) is 22.8 Å². The summed E-state index contributed by atoms with van der Waals surface area (Å²) in [5.74, 6) is -1.37. The molecule has 5 atom stereocenters. The highest BCUT2D eigenvalue weighted by molar-refractivity contribution is 7.89. The van der Waals surface area contributed by atoms with E-state index in [2.05, 4.69) is 11.9 Å². The van der Waals surface area contributed by atoms with Crippen LogP contribution < -0.4 is 10.0 Å². The van der Waals surface area contributed by atoms with Crippen LogP contribution in [0.3, 0.4) is 0 Å². The van der Waals surface area contributed by atoms with Crippen molar-refractivity contribution < 1.29 is 27.5 Å². The third kappa shape index (κ3) is 4.61. The highest BCUT2D eigenvalue weighted by Crippen LogP contribution is 2.61. The molecule has 33 heavy (non-hydrogen) atoms. The second-order valence-electron chi connectivity index (χ2n) is 11.0. The molecule has 2 N–H and O–H groups in total. The quantitative estimate of drug-likeness (QED) is 0.466. The molecule has 2 saturated carbocycles. The van der Waals surface area contributed by atoms with Crippen LogP contribution in [0.15, 0.2) is 12.7 Å². The van der Waals surface area contributed by atoms with Crippen LogP contribution in [-0.4, -0.2) is 76.1 Å². The number of ether oxygens (including phenoxy) is 1. The number of ketones is 1. The zero-order valence-electron chi connectivity index (χ0n) is 20.4. The van der Waals surface area contributed by atoms with Gasteiger partial charge in [-0.25, -0.2) is 8.42 Å². The van der Waals surface area contributed by atoms with E-state index in [1.54, 1.807) is 25.1 Å². The number of carbonyl (C=O) groups is 3. The van der Waals surface area contributed by atoms with E-state index in [4.69, 9.17) is 4.74 Å². The van der Waals surface area contributed by atoms with Crippen molar-refractivity contribution in [3.8, 4) is 0 Å². The van der Waals surface area contributed by atoms with Gasteiger partial charge in [0.25, 0.3) is 0 Å². The molecule has 1 heterocycles. The number of nitrogens with zero attached hydrogens (tertiary/aromatic N) is 1. The van der Waals surface area contributed by atoms with Gasteiger partial charge in [-0.15, -0.1) is 6.58 Å². The number of sulfonamides is 1. The van der Waals surface area contributed by atoms with Gasteiger partial charge in [0.2, 0.25) is 21.8 Å². The minimum absolute atomic E-state index is 0.141. The first-order chi connectivity index (χ1) is 15.2. The van der Waals surface area contributed by atoms with Gasteiger partial charge in [-0.2, -0.15) is 0 Å². The van der Waals surface area contributed by atoms with Gasteiger partial charge in [0, 0.05) is 25.5 Å². The number of nitrogens with one attached hydrogen (secondary N) is 2. The Morgan fingerprint density at radius 1 is 1.27 bits per heavy atom. The Hall–Kier alpha value is -1.78. The number of Topliss-reactive ketones (excluding diaryl/α,β-unsaturated/α-hetero) is 1. The maximum Gasteiger partial charge on any atom is 0.240 e. The lowest BCUT2D eigenvalue weighted by Crippen LogP contribution is -2.55. The smallest absolute Gasteiger partial charge is 0.240 e. The molecule has 3 aliphatic rings. The van der Waals surface area contributed by atoms with E-state index < -0.39 is 38.8 Å². The summed E-state index contributed by atoms with van der Waals surface area (Å²) in [6.07, 6.45) is 3.98. The monoisotopic (exact) mass is 483 g/mol. The molecule has 1 aliphatic heterocycles. The van der Waals surface area contributed by atoms with Crippen LogP contribution in [0.5, 0.6) is 0 Å². The lowest BCUT2D eigenvalue weighted by Gasteiger charge is -2.36. The molecule has 3 rings (SSSR count). The Kier molecular flexibility index (Phi) is 6.62. The first-order valence-corrected chi connectivity index (χ1v) is 13.2. The molecule has 0 unspecified atom stereocenters. The molecule has 186 valence electrons. The Labute approximate surface area is 196 Å². The molecule has 0 aromatic heterocycles. The molecule has 0 aromatic carbocycles. The van der Waals surface area contributed by atoms with E-state index in [1.165, 1.54) is 0 Å². The van der Waals surface area contributed by atoms with Crippen LogP contribution in [-0.2, 0) is 29.1 Å². The van der Waals surface area contributed by atoms with Crippen molar-refractivity contribution in [2.24, 2.45) is 22.2 Å². The molecule has 2 aliphatic carbocycles. The van der Waals surface area contributed by atoms with Crippen LogP contribution in [0.1, 0.15) is 46.5 Å². The van der Waals surface area contributed by atoms with Gasteiger partial charge >= 0.3 is 0 Å². The van der Waals surface area contributed by atoms with Crippen molar-refractivity contribution in [3.05, 3.63) is 12.7 Å². The molecule has 1 spiro atoms. The molecule has 0 radical (unpaired) electrons. The van der Waals surface area contributed by atoms with E-state index in [0.29, 0.717) is 13.0 Å². The molecule has 0 aromatic rings. The first kappa shape index (κ1) is 25.8. The second kappa shape index (κ2) is 8.46. The minimum atomic E-state index is -3.77. The molecular weight excluding hydrogens is 446 g/mol. The molecule has 2 amide bonds. The topological polar surface area (TPSA) is 122 Å². The number of likely N-dealkylation sites (tertiary alicyclic amines) is 1. The van der Waals surface area contributed by atoms with Crippen LogP contribution in [0.4, 0.5) is 0 Å². The summed E-state index contributed by atoms with van der Waals surface area (Å²) in [5, 5.41) is 3.09. The highest BCUT2D eigenvalue weighted by atomic mass is 32.2. The summed E-state index contributed by atoms with van der Waals surface area (Å²) in [6.45, 7) is 9.94. The largest absolute Gasteiger partial charge is 0.379 e. The second-order valence-corrected chi connectivity index (χ2v) is 12.7. The summed E-state index contributed by atoms with van der Waals surface area (Å²) < 4.78 is 31.1. The van der Waals surface area contributed by atoms with E-state index in [0.717, 1.165) is 19.1 Å². The molecule has 9 nitrogen and oxygen atoms in total. The number of rotatable bonds is 9. The molecule has 10 heteroatoms. The Bertz CT molecular complexity index is 952. The van der Waals surface area contributed by atoms with E-state index >= 15 is 0 Å². The fourth-order valence-electron chi connectivity index (χ4n) is 5.67. The summed E-state index contributed by atoms with van der Waals surface area (Å²) in [4.78, 5) is 41.9. The SMILES string of the molecule is C=C[C@@H]1C[C@]1(CC(=O)[C@H]1N(C(=O)[C@@H](NC)C(C)(C)C)C[C@H](OC)C12CC2)C(=O)NS(C)(=O)=O. The molecule has 0 bridgehead atoms. The number of hydrogen-bond donors (Lipinski definition) is 2. The standard InChI is InChI=1S/C23H37N3O6S/c1-8-14-11-23(14,20(29)25-33(7,30)31)12-15(27)18-22(9-10-22)16(32-6)13-26(18)19(28)17(24-5)21(2,3)4/h8,14,16-18,24H,1,9-13H2,2-7H3,(H,25,29)/t14-,16+,17-,18-,23-/m1/s1. The van der Waals surface area contributed by atoms with Crippen LogP contribution in [0, 0.1) is 22.2 Å². The maximum absolute atomic E-state index is 13.8. The Morgan fingerprint density at radius 3 is 2.27 bits per heavy atom. The van der Waals surface area contributed by atoms with Crippen LogP contribution >= 0.6 is 0 Å². The van der Waals surface area contributed by atoms with Crippen LogP contribution in [0.2, 0.25) is 0 Å². The Morgan fingerprint density at radius 2 is 1.88 bits per heavy atom. The number of amides is 2. The predicted molar refractivity (Wildman–Crippen MR) is 124 cm³/mol. The number of carbonyl (C=O) groups excluding carboxylic acids is 3. The third-order valence-electron chi connectivity index (χ3n) is 7.60. The maximum atomic E-state index is 13.8. The van der Waals surface area contributed by atoms with Gasteiger partial charge in [-0.3, -0.25) is 19.1 Å². The summed E-state index contributed by atoms with van der Waals surface area (Å²) in [6, 6.07) is -1.20. The lowest BCUT2D eigenvalue weighted by atomic mass is 9.83. The van der Waals surface area contributed by atoms with Gasteiger partial charge < -0.3 is 15.0 Å². The predicted octanol–water partition coefficient (Wildman–Crippen LogP) is 0.854. The molecule has 3 fully saturated rings. The number of methoxy groups -OCH3 is 1. The number of hydrogen-bond acceptors (Lipinski definition) is 7. The normalized spacial score (nSPS) is 31.2. The van der Waals surface area contributed by atoms with Gasteiger partial charge in [-0.05, 0) is 37.6 Å². The van der Waals surface area contributed by atoms with Crippen molar-refractivity contribution in [2.75, 3.05) is 27.0 Å². The van der Waals surface area contributed by atoms with Crippen molar-refractivity contribution in [1.82, 2.24) is 14.9 Å². The van der Waals surface area contributed by atoms with Crippen molar-refractivity contribution in [2.45, 2.75) is 64.6 Å². The average molecular weight is 484 g/mol. The van der Waals surface area contributed by atoms with Crippen LogP contribution in [0.25, 0.3) is 0 Å². The lowest BCUT2D eigenvalue weighted by molar-refractivity contribution is -0.143. The Balaban J connectivity index is 1.92. The first-order valence-electron chi connectivity index (χ1n) is 11.3. The fourth-order valence-corrected chi connectivity index (χ4v) is 6.21. The van der Waals surface area contributed by atoms with Gasteiger partial charge in [0.15, 0.2) is 5.78 Å². The summed E-state index contributed by atoms with van der Waals surface area (Å²) in [7, 11) is -0.450. The number of allylic oxidation sites excluding steroid dienone is 1. The number of likely N-dealkylation sites (N-methyl/N-ethyl adjacent to an activating group) is 1. The summed E-state index contributed by atoms with van der Waals surface area (Å²) >= 11 is 0. The van der Waals surface area contributed by atoms with Crippen molar-refractivity contribution in [1.29, 1.82) is 0 Å². The van der Waals surface area contributed by atoms with Gasteiger partial charge in [-0.1, -0.05) is 26.8 Å². The molecular formula is C23H37N3O6S. The zero-order valence-corrected chi connectivity index (χ0v) is 21.3. The van der Waals surface area contributed by atoms with Crippen molar-refractivity contribution >= 4 is 27.6 Å². The molecule has 1 saturated heterocycles. The fraction of sp³-hybridized carbons (Fsp3) is 0.783.